The molecule has 1 heterocycles. The first kappa shape index (κ1) is 14.0. The fourth-order valence-corrected chi connectivity index (χ4v) is 1.27. The van der Waals surface area contributed by atoms with E-state index in [0.717, 1.165) is 0 Å². The molecule has 92 valence electrons. The Kier molecular flexibility index (Phi) is 4.50. The molecule has 1 aliphatic heterocycles. The highest BCUT2D eigenvalue weighted by molar-refractivity contribution is 8.31. The molecular formula is C9H7Cl2NO4S. The van der Waals surface area contributed by atoms with Gasteiger partial charge in [0.15, 0.2) is 5.78 Å². The summed E-state index contributed by atoms with van der Waals surface area (Å²) in [6, 6.07) is 7.02. The molecule has 0 unspecified atom stereocenters. The number of hydrogen-bond donors (Lipinski definition) is 1. The number of carbonyl (C=O) groups is 2. The molecule has 0 aromatic heterocycles. The van der Waals surface area contributed by atoms with Crippen molar-refractivity contribution in [2.75, 3.05) is 5.32 Å². The number of para-hydroxylation sites is 1. The maximum absolute atomic E-state index is 11.2. The van der Waals surface area contributed by atoms with Gasteiger partial charge in [-0.05, 0) is 12.1 Å². The monoisotopic (exact) mass is 295 g/mol. The van der Waals surface area contributed by atoms with Crippen molar-refractivity contribution in [3.8, 4) is 0 Å². The number of Topliss-reactive ketones (excluding diaryl/α,β-unsaturated/α-hetero) is 1. The third-order valence-electron chi connectivity index (χ3n) is 1.82. The lowest BCUT2D eigenvalue weighted by Gasteiger charge is -2.14. The quantitative estimate of drug-likeness (QED) is 0.586. The van der Waals surface area contributed by atoms with Gasteiger partial charge in [0.05, 0.1) is 12.1 Å². The van der Waals surface area contributed by atoms with E-state index >= 15 is 0 Å². The van der Waals surface area contributed by atoms with Crippen molar-refractivity contribution in [2.24, 2.45) is 0 Å². The van der Waals surface area contributed by atoms with E-state index in [9.17, 15) is 9.59 Å². The predicted octanol–water partition coefficient (Wildman–Crippen LogP) is 1.92. The number of hydrogen-bond acceptors (Lipinski definition) is 4. The summed E-state index contributed by atoms with van der Waals surface area (Å²) in [5.74, 6) is -0.326. The number of benzene rings is 1. The summed E-state index contributed by atoms with van der Waals surface area (Å²) in [7, 11) is 4.81. The molecule has 1 aliphatic rings. The fraction of sp³-hybridized carbons (Fsp3) is 0.111. The summed E-state index contributed by atoms with van der Waals surface area (Å²) in [6.07, 6.45) is -0.0307. The second kappa shape index (κ2) is 5.48. The van der Waals surface area contributed by atoms with Crippen LogP contribution in [0.25, 0.3) is 0 Å². The van der Waals surface area contributed by atoms with E-state index in [4.69, 9.17) is 8.42 Å². The first-order valence-corrected chi connectivity index (χ1v) is 7.47. The van der Waals surface area contributed by atoms with Crippen LogP contribution in [0.1, 0.15) is 16.8 Å². The van der Waals surface area contributed by atoms with Gasteiger partial charge in [0.1, 0.15) is 0 Å². The molecule has 0 saturated carbocycles. The van der Waals surface area contributed by atoms with Crippen molar-refractivity contribution in [2.45, 2.75) is 6.42 Å². The Morgan fingerprint density at radius 3 is 2.24 bits per heavy atom. The maximum atomic E-state index is 11.2. The third-order valence-corrected chi connectivity index (χ3v) is 1.82. The molecule has 2 rings (SSSR count). The number of ketones is 1. The molecule has 1 amide bonds. The van der Waals surface area contributed by atoms with Crippen LogP contribution in [-0.2, 0) is 13.1 Å². The highest BCUT2D eigenvalue weighted by Crippen LogP contribution is 2.21. The van der Waals surface area contributed by atoms with E-state index in [1.807, 2.05) is 0 Å². The Labute approximate surface area is 107 Å². The van der Waals surface area contributed by atoms with Gasteiger partial charge >= 0.3 is 8.26 Å². The standard InChI is InChI=1S/C9H7NO2.Cl2O2S/c11-8-5-9(12)10-7-4-2-1-3-6(7)8;1-5(2,3)4/h1-4H,5H2,(H,10,12);. The van der Waals surface area contributed by atoms with E-state index in [1.165, 1.54) is 0 Å². The Bertz CT molecular complexity index is 548. The summed E-state index contributed by atoms with van der Waals surface area (Å²) in [5.41, 5.74) is 1.23. The van der Waals surface area contributed by atoms with Gasteiger partial charge < -0.3 is 5.32 Å². The number of amides is 1. The van der Waals surface area contributed by atoms with Crippen LogP contribution in [0.3, 0.4) is 0 Å². The lowest BCUT2D eigenvalue weighted by Crippen LogP contribution is -2.23. The second-order valence-corrected chi connectivity index (χ2v) is 6.74. The van der Waals surface area contributed by atoms with Crippen LogP contribution in [0.2, 0.25) is 0 Å². The Balaban J connectivity index is 0.000000249. The normalized spacial score (nSPS) is 14.2. The van der Waals surface area contributed by atoms with Crippen LogP contribution in [0.15, 0.2) is 24.3 Å². The average molecular weight is 296 g/mol. The van der Waals surface area contributed by atoms with Gasteiger partial charge in [-0.25, -0.2) is 0 Å². The van der Waals surface area contributed by atoms with Gasteiger partial charge in [0.2, 0.25) is 5.91 Å². The summed E-state index contributed by atoms with van der Waals surface area (Å²) in [6.45, 7) is 0. The van der Waals surface area contributed by atoms with Gasteiger partial charge in [-0.15, -0.1) is 0 Å². The highest BCUT2D eigenvalue weighted by Gasteiger charge is 2.21. The molecule has 1 N–H and O–H groups in total. The number of nitrogens with one attached hydrogen (secondary N) is 1. The minimum atomic E-state index is -3.72. The first-order valence-electron chi connectivity index (χ1n) is 4.33. The third kappa shape index (κ3) is 5.16. The Morgan fingerprint density at radius 2 is 1.65 bits per heavy atom. The van der Waals surface area contributed by atoms with Crippen molar-refractivity contribution in [3.63, 3.8) is 0 Å². The number of rotatable bonds is 0. The van der Waals surface area contributed by atoms with Crippen molar-refractivity contribution < 1.29 is 18.0 Å². The van der Waals surface area contributed by atoms with E-state index in [1.54, 1.807) is 24.3 Å². The summed E-state index contributed by atoms with van der Waals surface area (Å²) in [4.78, 5) is 22.1. The summed E-state index contributed by atoms with van der Waals surface area (Å²) >= 11 is 0. The SMILES string of the molecule is O=C1CC(=O)c2ccccc2N1.O=S(=O)(Cl)Cl. The molecule has 0 atom stereocenters. The minimum Gasteiger partial charge on any atom is -0.325 e. The molecule has 0 aliphatic carbocycles. The highest BCUT2D eigenvalue weighted by atomic mass is 36.0. The number of anilines is 1. The van der Waals surface area contributed by atoms with E-state index in [0.29, 0.717) is 11.3 Å². The molecule has 0 radical (unpaired) electrons. The summed E-state index contributed by atoms with van der Waals surface area (Å²) in [5, 5.41) is 2.63. The molecule has 8 heteroatoms. The number of carbonyl (C=O) groups excluding carboxylic acids is 2. The minimum absolute atomic E-state index is 0.0307. The largest absolute Gasteiger partial charge is 0.325 e. The van der Waals surface area contributed by atoms with Gasteiger partial charge in [0, 0.05) is 26.9 Å². The maximum Gasteiger partial charge on any atom is 0.317 e. The van der Waals surface area contributed by atoms with Crippen molar-refractivity contribution >= 4 is 47.0 Å². The lowest BCUT2D eigenvalue weighted by molar-refractivity contribution is -0.115. The van der Waals surface area contributed by atoms with Crippen molar-refractivity contribution in [1.29, 1.82) is 0 Å². The molecule has 0 fully saturated rings. The summed E-state index contributed by atoms with van der Waals surface area (Å²) < 4.78 is 18.3. The molecule has 17 heavy (non-hydrogen) atoms. The topological polar surface area (TPSA) is 80.3 Å². The molecule has 0 spiro atoms. The molecule has 5 nitrogen and oxygen atoms in total. The molecule has 1 aromatic rings. The van der Waals surface area contributed by atoms with Crippen LogP contribution < -0.4 is 5.32 Å². The van der Waals surface area contributed by atoms with Gasteiger partial charge in [0.25, 0.3) is 0 Å². The van der Waals surface area contributed by atoms with E-state index in [2.05, 4.69) is 26.7 Å². The molecule has 0 bridgehead atoms. The van der Waals surface area contributed by atoms with Crippen LogP contribution in [0.5, 0.6) is 0 Å². The van der Waals surface area contributed by atoms with Crippen LogP contribution in [0.4, 0.5) is 5.69 Å². The van der Waals surface area contributed by atoms with Crippen LogP contribution in [0, 0.1) is 0 Å². The van der Waals surface area contributed by atoms with Crippen molar-refractivity contribution in [1.82, 2.24) is 0 Å². The van der Waals surface area contributed by atoms with Crippen molar-refractivity contribution in [3.05, 3.63) is 29.8 Å². The molecule has 1 aromatic carbocycles. The molecular weight excluding hydrogens is 289 g/mol. The van der Waals surface area contributed by atoms with E-state index in [-0.39, 0.29) is 18.1 Å². The zero-order valence-corrected chi connectivity index (χ0v) is 10.6. The first-order chi connectivity index (χ1) is 7.77. The fourth-order valence-electron chi connectivity index (χ4n) is 1.27. The predicted molar refractivity (Wildman–Crippen MR) is 64.6 cm³/mol. The zero-order valence-electron chi connectivity index (χ0n) is 8.31. The van der Waals surface area contributed by atoms with Gasteiger partial charge in [-0.1, -0.05) is 12.1 Å². The lowest BCUT2D eigenvalue weighted by atomic mass is 10.0. The van der Waals surface area contributed by atoms with Crippen LogP contribution >= 0.6 is 21.4 Å². The van der Waals surface area contributed by atoms with Gasteiger partial charge in [-0.2, -0.15) is 8.42 Å². The van der Waals surface area contributed by atoms with Gasteiger partial charge in [-0.3, -0.25) is 9.59 Å². The van der Waals surface area contributed by atoms with E-state index < -0.39 is 8.26 Å². The Hall–Kier alpha value is -1.11. The Morgan fingerprint density at radius 1 is 1.12 bits per heavy atom. The number of halogens is 2. The second-order valence-electron chi connectivity index (χ2n) is 3.07. The smallest absolute Gasteiger partial charge is 0.317 e. The molecule has 0 saturated heterocycles. The van der Waals surface area contributed by atoms with Crippen LogP contribution in [-0.4, -0.2) is 20.1 Å². The average Bonchev–Trinajstić information content (AvgIpc) is 2.14. The number of fused-ring (bicyclic) bond motifs is 1. The zero-order chi connectivity index (χ0) is 13.1.